The van der Waals surface area contributed by atoms with Gasteiger partial charge in [-0.05, 0) is 42.8 Å². The lowest BCUT2D eigenvalue weighted by Crippen LogP contribution is -1.98. The van der Waals surface area contributed by atoms with Crippen molar-refractivity contribution in [1.82, 2.24) is 0 Å². The second-order valence-corrected chi connectivity index (χ2v) is 4.09. The zero-order chi connectivity index (χ0) is 12.3. The first-order chi connectivity index (χ1) is 8.17. The molecule has 0 spiro atoms. The van der Waals surface area contributed by atoms with Gasteiger partial charge in [0.1, 0.15) is 17.3 Å². The summed E-state index contributed by atoms with van der Waals surface area (Å²) in [5.41, 5.74) is 1.68. The van der Waals surface area contributed by atoms with Gasteiger partial charge in [0, 0.05) is 12.1 Å². The number of halogens is 1. The molecular weight excluding hydrogens is 217 g/mol. The predicted molar refractivity (Wildman–Crippen MR) is 66.5 cm³/mol. The van der Waals surface area contributed by atoms with Crippen molar-refractivity contribution in [3.63, 3.8) is 0 Å². The zero-order valence-corrected chi connectivity index (χ0v) is 10.1. The number of aryl methyl sites for hydroxylation is 2. The van der Waals surface area contributed by atoms with E-state index in [9.17, 15) is 4.39 Å². The number of nitrogens with one attached hydrogen (secondary N) is 1. The van der Waals surface area contributed by atoms with Crippen LogP contribution in [0, 0.1) is 12.7 Å². The summed E-state index contributed by atoms with van der Waals surface area (Å²) in [7, 11) is 0. The van der Waals surface area contributed by atoms with Crippen LogP contribution in [-0.2, 0) is 13.0 Å². The van der Waals surface area contributed by atoms with E-state index in [1.165, 1.54) is 12.1 Å². The number of benzene rings is 1. The number of anilines is 1. The molecule has 2 aromatic rings. The normalized spacial score (nSPS) is 10.5. The quantitative estimate of drug-likeness (QED) is 0.866. The summed E-state index contributed by atoms with van der Waals surface area (Å²) >= 11 is 0. The Morgan fingerprint density at radius 2 is 1.94 bits per heavy atom. The molecular formula is C14H16FNO. The van der Waals surface area contributed by atoms with Crippen LogP contribution in [0.4, 0.5) is 10.1 Å². The van der Waals surface area contributed by atoms with E-state index in [-0.39, 0.29) is 5.82 Å². The van der Waals surface area contributed by atoms with Crippen LogP contribution in [-0.4, -0.2) is 0 Å². The molecule has 1 heterocycles. The highest BCUT2D eigenvalue weighted by Gasteiger charge is 2.01. The van der Waals surface area contributed by atoms with Crippen LogP contribution in [0.3, 0.4) is 0 Å². The van der Waals surface area contributed by atoms with E-state index >= 15 is 0 Å². The molecule has 0 aliphatic carbocycles. The standard InChI is InChI=1S/C14H16FNO/c1-3-13-4-5-14(17-13)9-16-12-7-10(2)6-11(15)8-12/h4-8,16H,3,9H2,1-2H3. The average molecular weight is 233 g/mol. The van der Waals surface area contributed by atoms with Crippen LogP contribution in [0.15, 0.2) is 34.7 Å². The molecule has 0 aliphatic heterocycles. The van der Waals surface area contributed by atoms with E-state index < -0.39 is 0 Å². The molecule has 0 saturated heterocycles. The second-order valence-electron chi connectivity index (χ2n) is 4.09. The molecule has 1 aromatic heterocycles. The lowest BCUT2D eigenvalue weighted by molar-refractivity contribution is 0.476. The number of hydrogen-bond acceptors (Lipinski definition) is 2. The molecule has 2 nitrogen and oxygen atoms in total. The number of hydrogen-bond donors (Lipinski definition) is 1. The zero-order valence-electron chi connectivity index (χ0n) is 10.1. The van der Waals surface area contributed by atoms with Gasteiger partial charge in [0.05, 0.1) is 6.54 Å². The van der Waals surface area contributed by atoms with E-state index in [1.54, 1.807) is 0 Å². The van der Waals surface area contributed by atoms with Gasteiger partial charge in [-0.15, -0.1) is 0 Å². The Morgan fingerprint density at radius 1 is 1.18 bits per heavy atom. The van der Waals surface area contributed by atoms with Gasteiger partial charge >= 0.3 is 0 Å². The Morgan fingerprint density at radius 3 is 2.59 bits per heavy atom. The summed E-state index contributed by atoms with van der Waals surface area (Å²) in [6.07, 6.45) is 0.888. The minimum absolute atomic E-state index is 0.221. The number of furan rings is 1. The fourth-order valence-electron chi connectivity index (χ4n) is 1.73. The molecule has 0 fully saturated rings. The van der Waals surface area contributed by atoms with Gasteiger partial charge in [0.25, 0.3) is 0 Å². The van der Waals surface area contributed by atoms with Crippen molar-refractivity contribution in [3.8, 4) is 0 Å². The molecule has 90 valence electrons. The first-order valence-corrected chi connectivity index (χ1v) is 5.76. The lowest BCUT2D eigenvalue weighted by Gasteiger charge is -2.05. The third-order valence-electron chi connectivity index (χ3n) is 2.57. The van der Waals surface area contributed by atoms with E-state index in [0.29, 0.717) is 6.54 Å². The molecule has 0 unspecified atom stereocenters. The molecule has 3 heteroatoms. The van der Waals surface area contributed by atoms with Crippen molar-refractivity contribution in [1.29, 1.82) is 0 Å². The maximum Gasteiger partial charge on any atom is 0.125 e. The Bertz CT molecular complexity index is 484. The largest absolute Gasteiger partial charge is 0.464 e. The summed E-state index contributed by atoms with van der Waals surface area (Å²) in [6.45, 7) is 4.49. The van der Waals surface area contributed by atoms with Crippen LogP contribution in [0.25, 0.3) is 0 Å². The van der Waals surface area contributed by atoms with Gasteiger partial charge in [-0.25, -0.2) is 4.39 Å². The van der Waals surface area contributed by atoms with E-state index in [1.807, 2.05) is 32.0 Å². The maximum atomic E-state index is 13.1. The minimum atomic E-state index is -0.221. The van der Waals surface area contributed by atoms with Crippen LogP contribution in [0.5, 0.6) is 0 Å². The Hall–Kier alpha value is -1.77. The topological polar surface area (TPSA) is 25.2 Å². The highest BCUT2D eigenvalue weighted by molar-refractivity contribution is 5.46. The average Bonchev–Trinajstić information content (AvgIpc) is 2.73. The summed E-state index contributed by atoms with van der Waals surface area (Å²) in [5.74, 6) is 1.61. The van der Waals surface area contributed by atoms with Crippen molar-refractivity contribution in [2.24, 2.45) is 0 Å². The fourth-order valence-corrected chi connectivity index (χ4v) is 1.73. The molecule has 0 amide bonds. The summed E-state index contributed by atoms with van der Waals surface area (Å²) in [5, 5.41) is 3.15. The molecule has 2 rings (SSSR count). The fraction of sp³-hybridized carbons (Fsp3) is 0.286. The SMILES string of the molecule is CCc1ccc(CNc2cc(C)cc(F)c2)o1. The van der Waals surface area contributed by atoms with E-state index in [4.69, 9.17) is 4.42 Å². The minimum Gasteiger partial charge on any atom is -0.464 e. The first kappa shape index (κ1) is 11.7. The molecule has 17 heavy (non-hydrogen) atoms. The first-order valence-electron chi connectivity index (χ1n) is 5.76. The molecule has 0 aliphatic rings. The Balaban J connectivity index is 2.01. The molecule has 0 bridgehead atoms. The highest BCUT2D eigenvalue weighted by Crippen LogP contribution is 2.15. The van der Waals surface area contributed by atoms with Gasteiger partial charge < -0.3 is 9.73 Å². The van der Waals surface area contributed by atoms with E-state index in [0.717, 1.165) is 29.2 Å². The lowest BCUT2D eigenvalue weighted by atomic mass is 10.2. The maximum absolute atomic E-state index is 13.1. The third-order valence-corrected chi connectivity index (χ3v) is 2.57. The van der Waals surface area contributed by atoms with Gasteiger partial charge in [0.15, 0.2) is 0 Å². The van der Waals surface area contributed by atoms with Crippen molar-refractivity contribution < 1.29 is 8.81 Å². The predicted octanol–water partition coefficient (Wildman–Crippen LogP) is 3.90. The van der Waals surface area contributed by atoms with Gasteiger partial charge in [-0.2, -0.15) is 0 Å². The summed E-state index contributed by atoms with van der Waals surface area (Å²) in [6, 6.07) is 8.81. The van der Waals surface area contributed by atoms with Crippen LogP contribution in [0.2, 0.25) is 0 Å². The molecule has 1 N–H and O–H groups in total. The van der Waals surface area contributed by atoms with Crippen molar-refractivity contribution in [2.45, 2.75) is 26.8 Å². The summed E-state index contributed by atoms with van der Waals surface area (Å²) in [4.78, 5) is 0. The monoisotopic (exact) mass is 233 g/mol. The van der Waals surface area contributed by atoms with Crippen LogP contribution < -0.4 is 5.32 Å². The van der Waals surface area contributed by atoms with Crippen molar-refractivity contribution in [3.05, 3.63) is 53.2 Å². The van der Waals surface area contributed by atoms with Crippen LogP contribution in [0.1, 0.15) is 24.0 Å². The smallest absolute Gasteiger partial charge is 0.125 e. The Kier molecular flexibility index (Phi) is 3.47. The number of rotatable bonds is 4. The third kappa shape index (κ3) is 3.09. The van der Waals surface area contributed by atoms with Crippen LogP contribution >= 0.6 is 0 Å². The van der Waals surface area contributed by atoms with E-state index in [2.05, 4.69) is 5.32 Å². The second kappa shape index (κ2) is 5.04. The molecule has 1 aromatic carbocycles. The van der Waals surface area contributed by atoms with Gasteiger partial charge in [0.2, 0.25) is 0 Å². The van der Waals surface area contributed by atoms with Gasteiger partial charge in [-0.1, -0.05) is 6.92 Å². The van der Waals surface area contributed by atoms with Crippen molar-refractivity contribution in [2.75, 3.05) is 5.32 Å². The summed E-state index contributed by atoms with van der Waals surface area (Å²) < 4.78 is 18.7. The molecule has 0 saturated carbocycles. The molecule has 0 radical (unpaired) electrons. The Labute approximate surface area is 100 Å². The highest BCUT2D eigenvalue weighted by atomic mass is 19.1. The van der Waals surface area contributed by atoms with Crippen molar-refractivity contribution >= 4 is 5.69 Å². The van der Waals surface area contributed by atoms with Gasteiger partial charge in [-0.3, -0.25) is 0 Å². The molecule has 0 atom stereocenters.